The third-order valence-corrected chi connectivity index (χ3v) is 11.1. The number of benzene rings is 7. The molecule has 7 aromatic carbocycles. The summed E-state index contributed by atoms with van der Waals surface area (Å²) >= 11 is 0. The SMILES string of the molecule is CN1CN(c2cccc(Oc3ccc4c5cc(-c6ccccc6)ccc5n(-c5cc6c(cn5)c5ccccc5n6-c5ccccc5)c4c3)c2)C=C1c1ccccc1. The van der Waals surface area contributed by atoms with E-state index in [4.69, 9.17) is 9.72 Å². The molecule has 0 saturated carbocycles. The molecule has 0 unspecified atom stereocenters. The first-order chi connectivity index (χ1) is 28.2. The van der Waals surface area contributed by atoms with Crippen LogP contribution in [0.2, 0.25) is 0 Å². The van der Waals surface area contributed by atoms with Gasteiger partial charge in [0.25, 0.3) is 0 Å². The molecule has 6 nitrogen and oxygen atoms in total. The number of pyridine rings is 1. The Bertz CT molecular complexity index is 3150. The maximum Gasteiger partial charge on any atom is 0.139 e. The molecule has 6 heteroatoms. The predicted molar refractivity (Wildman–Crippen MR) is 234 cm³/mol. The van der Waals surface area contributed by atoms with Gasteiger partial charge in [0, 0.05) is 70.6 Å². The van der Waals surface area contributed by atoms with E-state index < -0.39 is 0 Å². The van der Waals surface area contributed by atoms with Crippen LogP contribution < -0.4 is 9.64 Å². The van der Waals surface area contributed by atoms with Gasteiger partial charge in [-0.15, -0.1) is 0 Å². The standard InChI is InChI=1S/C51H37N5O/c1-53-34-54(33-50(53)36-16-7-3-8-17-36)39-20-13-21-40(29-39)57-41-25-26-43-44-28-37(35-14-5-2-6-15-35)24-27-47(44)56(48(43)30-41)51-31-49-45(32-52-51)42-22-11-12-23-46(42)55(49)38-18-9-4-10-19-38/h2-33H,34H2,1H3. The molecular weight excluding hydrogens is 699 g/mol. The first-order valence-corrected chi connectivity index (χ1v) is 19.3. The quantitative estimate of drug-likeness (QED) is 0.163. The van der Waals surface area contributed by atoms with Gasteiger partial charge < -0.3 is 19.1 Å². The fourth-order valence-corrected chi connectivity index (χ4v) is 8.47. The lowest BCUT2D eigenvalue weighted by molar-refractivity contribution is 0.482. The summed E-state index contributed by atoms with van der Waals surface area (Å²) < 4.78 is 11.3. The molecule has 4 heterocycles. The van der Waals surface area contributed by atoms with Gasteiger partial charge in [0.2, 0.25) is 0 Å². The van der Waals surface area contributed by atoms with Crippen LogP contribution in [0.4, 0.5) is 5.69 Å². The number of fused-ring (bicyclic) bond motifs is 6. The number of nitrogens with zero attached hydrogens (tertiary/aromatic N) is 5. The fourth-order valence-electron chi connectivity index (χ4n) is 8.47. The monoisotopic (exact) mass is 735 g/mol. The van der Waals surface area contributed by atoms with Gasteiger partial charge in [-0.1, -0.05) is 109 Å². The van der Waals surface area contributed by atoms with Gasteiger partial charge >= 0.3 is 0 Å². The largest absolute Gasteiger partial charge is 0.457 e. The maximum atomic E-state index is 6.69. The van der Waals surface area contributed by atoms with Crippen molar-refractivity contribution in [1.82, 2.24) is 19.0 Å². The van der Waals surface area contributed by atoms with Crippen molar-refractivity contribution in [3.05, 3.63) is 200 Å². The Morgan fingerprint density at radius 3 is 1.95 bits per heavy atom. The molecule has 11 rings (SSSR count). The molecule has 0 N–H and O–H groups in total. The van der Waals surface area contributed by atoms with Crippen molar-refractivity contribution >= 4 is 55.0 Å². The minimum Gasteiger partial charge on any atom is -0.457 e. The lowest BCUT2D eigenvalue weighted by Gasteiger charge is -2.20. The van der Waals surface area contributed by atoms with Crippen molar-refractivity contribution in [2.24, 2.45) is 0 Å². The van der Waals surface area contributed by atoms with E-state index in [9.17, 15) is 0 Å². The average Bonchev–Trinajstić information content (AvgIpc) is 3.93. The Morgan fingerprint density at radius 2 is 1.12 bits per heavy atom. The number of hydrogen-bond donors (Lipinski definition) is 0. The zero-order valence-electron chi connectivity index (χ0n) is 31.3. The zero-order chi connectivity index (χ0) is 37.9. The minimum atomic E-state index is 0.755. The molecular formula is C51H37N5O. The lowest BCUT2D eigenvalue weighted by Crippen LogP contribution is -2.22. The molecule has 3 aromatic heterocycles. The van der Waals surface area contributed by atoms with Crippen LogP contribution in [0.5, 0.6) is 11.5 Å². The second-order valence-corrected chi connectivity index (χ2v) is 14.6. The number of hydrogen-bond acceptors (Lipinski definition) is 4. The van der Waals surface area contributed by atoms with E-state index in [0.717, 1.165) is 73.6 Å². The third-order valence-electron chi connectivity index (χ3n) is 11.1. The van der Waals surface area contributed by atoms with E-state index >= 15 is 0 Å². The summed E-state index contributed by atoms with van der Waals surface area (Å²) in [5.74, 6) is 2.37. The summed E-state index contributed by atoms with van der Waals surface area (Å²) in [4.78, 5) is 9.71. The molecule has 0 fully saturated rings. The van der Waals surface area contributed by atoms with Crippen LogP contribution in [0.15, 0.2) is 194 Å². The first-order valence-electron chi connectivity index (χ1n) is 19.3. The highest BCUT2D eigenvalue weighted by molar-refractivity contribution is 6.12. The Kier molecular flexibility index (Phi) is 7.67. The highest BCUT2D eigenvalue weighted by Crippen LogP contribution is 2.40. The molecule has 272 valence electrons. The number of ether oxygens (including phenoxy) is 1. The van der Waals surface area contributed by atoms with Gasteiger partial charge in [-0.3, -0.25) is 4.57 Å². The Labute approximate surface area is 330 Å². The molecule has 0 aliphatic carbocycles. The number of aromatic nitrogens is 3. The van der Waals surface area contributed by atoms with Crippen molar-refractivity contribution in [2.45, 2.75) is 0 Å². The average molecular weight is 736 g/mol. The van der Waals surface area contributed by atoms with Crippen molar-refractivity contribution in [3.8, 4) is 34.1 Å². The molecule has 0 radical (unpaired) electrons. The van der Waals surface area contributed by atoms with E-state index in [1.54, 1.807) is 0 Å². The fraction of sp³-hybridized carbons (Fsp3) is 0.0392. The minimum absolute atomic E-state index is 0.755. The van der Waals surface area contributed by atoms with E-state index in [-0.39, 0.29) is 0 Å². The summed E-state index contributed by atoms with van der Waals surface area (Å²) in [7, 11) is 2.13. The number of para-hydroxylation sites is 2. The van der Waals surface area contributed by atoms with Crippen LogP contribution >= 0.6 is 0 Å². The van der Waals surface area contributed by atoms with E-state index in [1.807, 2.05) is 12.3 Å². The van der Waals surface area contributed by atoms with E-state index in [0.29, 0.717) is 0 Å². The molecule has 57 heavy (non-hydrogen) atoms. The van der Waals surface area contributed by atoms with Crippen molar-refractivity contribution in [3.63, 3.8) is 0 Å². The van der Waals surface area contributed by atoms with Gasteiger partial charge in [0.15, 0.2) is 0 Å². The van der Waals surface area contributed by atoms with Gasteiger partial charge in [0.1, 0.15) is 17.3 Å². The van der Waals surface area contributed by atoms with E-state index in [1.165, 1.54) is 27.8 Å². The Balaban J connectivity index is 1.05. The molecule has 0 spiro atoms. The number of anilines is 1. The highest BCUT2D eigenvalue weighted by atomic mass is 16.5. The van der Waals surface area contributed by atoms with Crippen LogP contribution in [-0.4, -0.2) is 32.7 Å². The summed E-state index contributed by atoms with van der Waals surface area (Å²) in [6.45, 7) is 0.755. The smallest absolute Gasteiger partial charge is 0.139 e. The van der Waals surface area contributed by atoms with Crippen LogP contribution in [0, 0.1) is 0 Å². The second kappa shape index (κ2) is 13.3. The highest BCUT2D eigenvalue weighted by Gasteiger charge is 2.21. The maximum absolute atomic E-state index is 6.69. The van der Waals surface area contributed by atoms with Crippen molar-refractivity contribution < 1.29 is 4.74 Å². The summed E-state index contributed by atoms with van der Waals surface area (Å²) in [5, 5.41) is 4.58. The molecule has 0 atom stereocenters. The van der Waals surface area contributed by atoms with Crippen molar-refractivity contribution in [1.29, 1.82) is 0 Å². The lowest BCUT2D eigenvalue weighted by atomic mass is 10.0. The topological polar surface area (TPSA) is 38.5 Å². The number of rotatable bonds is 7. The molecule has 10 aromatic rings. The van der Waals surface area contributed by atoms with Crippen LogP contribution in [0.3, 0.4) is 0 Å². The van der Waals surface area contributed by atoms with Gasteiger partial charge in [0.05, 0.1) is 34.4 Å². The van der Waals surface area contributed by atoms with E-state index in [2.05, 4.69) is 208 Å². The summed E-state index contributed by atoms with van der Waals surface area (Å²) in [5.41, 5.74) is 11.3. The van der Waals surface area contributed by atoms with Crippen molar-refractivity contribution in [2.75, 3.05) is 18.6 Å². The second-order valence-electron chi connectivity index (χ2n) is 14.6. The predicted octanol–water partition coefficient (Wildman–Crippen LogP) is 12.4. The third kappa shape index (κ3) is 5.61. The van der Waals surface area contributed by atoms with Gasteiger partial charge in [-0.2, -0.15) is 0 Å². The molecule has 1 aliphatic heterocycles. The molecule has 0 amide bonds. The zero-order valence-corrected chi connectivity index (χ0v) is 31.3. The molecule has 0 bridgehead atoms. The summed E-state index contributed by atoms with van der Waals surface area (Å²) in [6, 6.07) is 63.9. The Morgan fingerprint density at radius 1 is 0.456 bits per heavy atom. The van der Waals surface area contributed by atoms with Gasteiger partial charge in [-0.25, -0.2) is 4.98 Å². The first kappa shape index (κ1) is 32.8. The normalized spacial score (nSPS) is 13.0. The van der Waals surface area contributed by atoms with Crippen LogP contribution in [0.25, 0.3) is 71.9 Å². The van der Waals surface area contributed by atoms with Gasteiger partial charge in [-0.05, 0) is 71.3 Å². The van der Waals surface area contributed by atoms with Crippen LogP contribution in [-0.2, 0) is 0 Å². The summed E-state index contributed by atoms with van der Waals surface area (Å²) in [6.07, 6.45) is 4.24. The Hall–Kier alpha value is -7.57. The molecule has 1 aliphatic rings. The van der Waals surface area contributed by atoms with Crippen LogP contribution in [0.1, 0.15) is 5.56 Å². The molecule has 0 saturated heterocycles.